The third kappa shape index (κ3) is 6.40. The van der Waals surface area contributed by atoms with Gasteiger partial charge in [0, 0.05) is 6.61 Å². The first-order valence-electron chi connectivity index (χ1n) is 2.64. The van der Waals surface area contributed by atoms with E-state index in [0.717, 1.165) is 6.42 Å². The molecule has 0 amide bonds. The smallest absolute Gasteiger partial charge is 0.109 e. The summed E-state index contributed by atoms with van der Waals surface area (Å²) in [7, 11) is 0. The quantitative estimate of drug-likeness (QED) is 0.522. The second-order valence-corrected chi connectivity index (χ2v) is 2.78. The molecule has 1 N–H and O–H groups in total. The van der Waals surface area contributed by atoms with Crippen LogP contribution in [0.3, 0.4) is 0 Å². The van der Waals surface area contributed by atoms with E-state index in [1.165, 1.54) is 0 Å². The van der Waals surface area contributed by atoms with Gasteiger partial charge in [-0.15, -0.1) is 0 Å². The Morgan fingerprint density at radius 3 is 2.75 bits per heavy atom. The summed E-state index contributed by atoms with van der Waals surface area (Å²) in [6.45, 7) is 2.74. The van der Waals surface area contributed by atoms with Crippen LogP contribution in [-0.2, 0) is 4.74 Å². The summed E-state index contributed by atoms with van der Waals surface area (Å²) in [6.07, 6.45) is 0.718. The molecule has 0 heterocycles. The highest BCUT2D eigenvalue weighted by Gasteiger charge is 1.91. The topological polar surface area (TPSA) is 29.5 Å². The second kappa shape index (κ2) is 5.54. The average molecular weight is 183 g/mol. The Labute approximate surface area is 58.0 Å². The molecule has 50 valence electrons. The number of ether oxygens (including phenoxy) is 1. The Bertz CT molecular complexity index is 47.7. The lowest BCUT2D eigenvalue weighted by Gasteiger charge is -2.02. The van der Waals surface area contributed by atoms with Gasteiger partial charge in [0.25, 0.3) is 0 Å². The fourth-order valence-electron chi connectivity index (χ4n) is 0.310. The van der Waals surface area contributed by atoms with Crippen molar-refractivity contribution < 1.29 is 9.84 Å². The third-order valence-electron chi connectivity index (χ3n) is 0.650. The average Bonchev–Trinajstić information content (AvgIpc) is 1.66. The van der Waals surface area contributed by atoms with Crippen LogP contribution in [0.4, 0.5) is 0 Å². The van der Waals surface area contributed by atoms with Gasteiger partial charge in [-0.3, -0.25) is 0 Å². The SMILES string of the molecule is CC(Br)OCCCO. The van der Waals surface area contributed by atoms with E-state index in [4.69, 9.17) is 9.84 Å². The molecule has 1 atom stereocenters. The zero-order valence-corrected chi connectivity index (χ0v) is 6.52. The molecule has 1 unspecified atom stereocenters. The van der Waals surface area contributed by atoms with Crippen molar-refractivity contribution in [1.29, 1.82) is 0 Å². The van der Waals surface area contributed by atoms with Crippen molar-refractivity contribution in [3.05, 3.63) is 0 Å². The van der Waals surface area contributed by atoms with Gasteiger partial charge in [-0.1, -0.05) is 15.9 Å². The predicted octanol–water partition coefficient (Wildman–Crippen LogP) is 1.13. The lowest BCUT2D eigenvalue weighted by atomic mass is 10.5. The summed E-state index contributed by atoms with van der Waals surface area (Å²) in [5.41, 5.74) is 0. The molecule has 2 nitrogen and oxygen atoms in total. The molecule has 0 fully saturated rings. The van der Waals surface area contributed by atoms with Crippen LogP contribution in [0.5, 0.6) is 0 Å². The van der Waals surface area contributed by atoms with Crippen LogP contribution in [-0.4, -0.2) is 23.3 Å². The van der Waals surface area contributed by atoms with Gasteiger partial charge in [0.05, 0.1) is 6.61 Å². The maximum Gasteiger partial charge on any atom is 0.109 e. The summed E-state index contributed by atoms with van der Waals surface area (Å²) < 4.78 is 5.04. The first-order chi connectivity index (χ1) is 3.77. The minimum Gasteiger partial charge on any atom is -0.396 e. The Hall–Kier alpha value is 0.400. The molecule has 0 aromatic rings. The van der Waals surface area contributed by atoms with Gasteiger partial charge in [0.2, 0.25) is 0 Å². The minimum absolute atomic E-state index is 0.106. The van der Waals surface area contributed by atoms with Crippen molar-refractivity contribution in [2.24, 2.45) is 0 Å². The van der Waals surface area contributed by atoms with Gasteiger partial charge >= 0.3 is 0 Å². The van der Waals surface area contributed by atoms with E-state index in [-0.39, 0.29) is 11.6 Å². The summed E-state index contributed by atoms with van der Waals surface area (Å²) in [6, 6.07) is 0. The Morgan fingerprint density at radius 1 is 1.75 bits per heavy atom. The van der Waals surface area contributed by atoms with Crippen molar-refractivity contribution in [3.63, 3.8) is 0 Å². The van der Waals surface area contributed by atoms with Crippen LogP contribution in [0.15, 0.2) is 0 Å². The molecule has 0 radical (unpaired) electrons. The highest BCUT2D eigenvalue weighted by Crippen LogP contribution is 1.98. The van der Waals surface area contributed by atoms with Crippen LogP contribution < -0.4 is 0 Å². The van der Waals surface area contributed by atoms with Gasteiger partial charge in [-0.25, -0.2) is 0 Å². The fourth-order valence-corrected chi connectivity index (χ4v) is 0.497. The first-order valence-corrected chi connectivity index (χ1v) is 3.55. The number of aliphatic hydroxyl groups excluding tert-OH is 1. The molecule has 0 aromatic carbocycles. The van der Waals surface area contributed by atoms with Crippen LogP contribution in [0.1, 0.15) is 13.3 Å². The standard InChI is InChI=1S/C5H11BrO2/c1-5(6)8-4-2-3-7/h5,7H,2-4H2,1H3. The molecule has 0 rings (SSSR count). The zero-order valence-electron chi connectivity index (χ0n) is 4.93. The van der Waals surface area contributed by atoms with Gasteiger partial charge < -0.3 is 9.84 Å². The van der Waals surface area contributed by atoms with E-state index in [2.05, 4.69) is 15.9 Å². The van der Waals surface area contributed by atoms with E-state index in [0.29, 0.717) is 6.61 Å². The molecular formula is C5H11BrO2. The van der Waals surface area contributed by atoms with Crippen molar-refractivity contribution in [3.8, 4) is 0 Å². The van der Waals surface area contributed by atoms with Gasteiger partial charge in [-0.2, -0.15) is 0 Å². The number of halogens is 1. The molecule has 0 saturated heterocycles. The molecule has 8 heavy (non-hydrogen) atoms. The summed E-state index contributed by atoms with van der Waals surface area (Å²) in [5.74, 6) is 0. The molecule has 0 bridgehead atoms. The molecule has 0 aliphatic carbocycles. The van der Waals surface area contributed by atoms with Crippen LogP contribution in [0, 0.1) is 0 Å². The maximum atomic E-state index is 8.28. The first kappa shape index (κ1) is 8.40. The molecule has 3 heteroatoms. The molecular weight excluding hydrogens is 172 g/mol. The number of aliphatic hydroxyl groups is 1. The van der Waals surface area contributed by atoms with Crippen LogP contribution in [0.2, 0.25) is 0 Å². The van der Waals surface area contributed by atoms with Crippen LogP contribution in [0.25, 0.3) is 0 Å². The number of alkyl halides is 1. The Morgan fingerprint density at radius 2 is 2.38 bits per heavy atom. The molecule has 0 aliphatic rings. The van der Waals surface area contributed by atoms with Crippen molar-refractivity contribution in [2.75, 3.05) is 13.2 Å². The number of hydrogen-bond donors (Lipinski definition) is 1. The summed E-state index contributed by atoms with van der Waals surface area (Å²) >= 11 is 3.20. The van der Waals surface area contributed by atoms with Gasteiger partial charge in [-0.05, 0) is 13.3 Å². The lowest BCUT2D eigenvalue weighted by molar-refractivity contribution is 0.111. The zero-order chi connectivity index (χ0) is 6.41. The highest BCUT2D eigenvalue weighted by atomic mass is 79.9. The Kier molecular flexibility index (Phi) is 5.81. The third-order valence-corrected chi connectivity index (χ3v) is 0.914. The normalized spacial score (nSPS) is 13.9. The van der Waals surface area contributed by atoms with Crippen molar-refractivity contribution in [1.82, 2.24) is 0 Å². The van der Waals surface area contributed by atoms with E-state index >= 15 is 0 Å². The Balaban J connectivity index is 2.72. The second-order valence-electron chi connectivity index (χ2n) is 1.49. The minimum atomic E-state index is 0.106. The predicted molar refractivity (Wildman–Crippen MR) is 36.0 cm³/mol. The summed E-state index contributed by atoms with van der Waals surface area (Å²) in [5, 5.41) is 8.39. The van der Waals surface area contributed by atoms with Gasteiger partial charge in [0.15, 0.2) is 0 Å². The number of rotatable bonds is 4. The molecule has 0 aliphatic heterocycles. The van der Waals surface area contributed by atoms with E-state index in [9.17, 15) is 0 Å². The fraction of sp³-hybridized carbons (Fsp3) is 1.00. The molecule has 0 aromatic heterocycles. The van der Waals surface area contributed by atoms with E-state index in [1.807, 2.05) is 6.92 Å². The van der Waals surface area contributed by atoms with E-state index in [1.54, 1.807) is 0 Å². The van der Waals surface area contributed by atoms with Gasteiger partial charge in [0.1, 0.15) is 5.01 Å². The lowest BCUT2D eigenvalue weighted by Crippen LogP contribution is -2.01. The van der Waals surface area contributed by atoms with E-state index < -0.39 is 0 Å². The van der Waals surface area contributed by atoms with Crippen molar-refractivity contribution in [2.45, 2.75) is 18.4 Å². The molecule has 0 saturated carbocycles. The largest absolute Gasteiger partial charge is 0.396 e. The van der Waals surface area contributed by atoms with Crippen molar-refractivity contribution >= 4 is 15.9 Å². The molecule has 0 spiro atoms. The summed E-state index contributed by atoms with van der Waals surface area (Å²) in [4.78, 5) is 0. The number of hydrogen-bond acceptors (Lipinski definition) is 2. The monoisotopic (exact) mass is 182 g/mol. The highest BCUT2D eigenvalue weighted by molar-refractivity contribution is 9.09. The van der Waals surface area contributed by atoms with Crippen LogP contribution >= 0.6 is 15.9 Å². The maximum absolute atomic E-state index is 8.28.